The van der Waals surface area contributed by atoms with Crippen molar-refractivity contribution in [2.45, 2.75) is 38.5 Å². The topological polar surface area (TPSA) is 88.7 Å². The Morgan fingerprint density at radius 2 is 1.95 bits per heavy atom. The minimum absolute atomic E-state index is 0. The third-order valence-corrected chi connectivity index (χ3v) is 3.75. The molecule has 1 fully saturated rings. The van der Waals surface area contributed by atoms with Gasteiger partial charge in [0.1, 0.15) is 5.78 Å². The fourth-order valence-electron chi connectivity index (χ4n) is 2.47. The summed E-state index contributed by atoms with van der Waals surface area (Å²) < 4.78 is 0. The van der Waals surface area contributed by atoms with E-state index in [1.54, 1.807) is 6.92 Å². The number of hydrogen-bond acceptors (Lipinski definition) is 3. The molecule has 1 aromatic rings. The fraction of sp³-hybridized carbons (Fsp3) is 0.467. The minimum Gasteiger partial charge on any atom is -0.550 e. The van der Waals surface area contributed by atoms with Crippen LogP contribution in [0.1, 0.15) is 43.2 Å². The van der Waals surface area contributed by atoms with Crippen LogP contribution in [0.5, 0.6) is 0 Å². The Labute approximate surface area is 141 Å². The zero-order valence-corrected chi connectivity index (χ0v) is 14.0. The van der Waals surface area contributed by atoms with E-state index < -0.39 is 11.9 Å². The van der Waals surface area contributed by atoms with E-state index in [-0.39, 0.29) is 41.0 Å². The molecule has 5 heteroatoms. The van der Waals surface area contributed by atoms with Crippen molar-refractivity contribution in [3.63, 3.8) is 0 Å². The largest absolute Gasteiger partial charge is 1.00 e. The predicted molar refractivity (Wildman–Crippen MR) is 69.5 cm³/mol. The molecule has 2 unspecified atom stereocenters. The van der Waals surface area contributed by atoms with Gasteiger partial charge in [0.05, 0.1) is 0 Å². The number of hydrogen-bond donors (Lipinski definition) is 0. The normalized spacial score (nSPS) is 18.9. The smallest absolute Gasteiger partial charge is 0.550 e. The summed E-state index contributed by atoms with van der Waals surface area (Å²) >= 11 is 0. The van der Waals surface area contributed by atoms with E-state index >= 15 is 0 Å². The second-order valence-corrected chi connectivity index (χ2v) is 5.04. The Morgan fingerprint density at radius 3 is 2.40 bits per heavy atom. The number of ketones is 1. The molecule has 0 radical (unpaired) electrons. The maximum absolute atomic E-state index is 11.6. The summed E-state index contributed by atoms with van der Waals surface area (Å²) in [5, 5.41) is 10.8. The van der Waals surface area contributed by atoms with Gasteiger partial charge in [-0.25, -0.2) is 0 Å². The monoisotopic (exact) mass is 286 g/mol. The number of carboxylic acid groups (broad SMARTS) is 1. The molecule has 2 rings (SSSR count). The van der Waals surface area contributed by atoms with Gasteiger partial charge < -0.3 is 15.4 Å². The van der Waals surface area contributed by atoms with Crippen LogP contribution in [0.3, 0.4) is 0 Å². The Morgan fingerprint density at radius 1 is 1.35 bits per heavy atom. The average Bonchev–Trinajstić information content (AvgIpc) is 2.75. The standard InChI is InChI=1S/C15H18O3.Na.H2O/c1-10(15(17)18)12-7-5-11(6-8-12)9-13-3-2-4-14(13)16;;/h5-8,10,13H,2-4,9H2,1H3,(H,17,18);;1H2/q;+1;/p-1. The molecule has 2 N–H and O–H groups in total. The molecule has 1 aliphatic carbocycles. The average molecular weight is 286 g/mol. The summed E-state index contributed by atoms with van der Waals surface area (Å²) in [4.78, 5) is 22.3. The number of carbonyl (C=O) groups is 2. The Balaban J connectivity index is 0.00000180. The third-order valence-electron chi connectivity index (χ3n) is 3.75. The zero-order valence-electron chi connectivity index (χ0n) is 12.0. The van der Waals surface area contributed by atoms with Crippen molar-refractivity contribution >= 4 is 11.8 Å². The van der Waals surface area contributed by atoms with Crippen molar-refractivity contribution in [2.24, 2.45) is 5.92 Å². The first-order chi connectivity index (χ1) is 8.58. The van der Waals surface area contributed by atoms with Crippen LogP contribution in [0, 0.1) is 5.92 Å². The molecule has 0 aromatic heterocycles. The quantitative estimate of drug-likeness (QED) is 0.580. The maximum atomic E-state index is 11.6. The number of rotatable bonds is 4. The van der Waals surface area contributed by atoms with Crippen LogP contribution >= 0.6 is 0 Å². The van der Waals surface area contributed by atoms with E-state index in [0.717, 1.165) is 30.4 Å². The van der Waals surface area contributed by atoms with Crippen LogP contribution in [0.4, 0.5) is 0 Å². The number of carbonyl (C=O) groups excluding carboxylic acids is 2. The Kier molecular flexibility index (Phi) is 8.28. The molecule has 104 valence electrons. The number of carboxylic acids is 1. The first kappa shape index (κ1) is 19.3. The molecule has 0 saturated heterocycles. The van der Waals surface area contributed by atoms with Crippen LogP contribution < -0.4 is 34.7 Å². The van der Waals surface area contributed by atoms with E-state index in [2.05, 4.69) is 0 Å². The molecular formula is C15H19NaO4. The van der Waals surface area contributed by atoms with Gasteiger partial charge >= 0.3 is 29.6 Å². The van der Waals surface area contributed by atoms with Gasteiger partial charge in [-0.2, -0.15) is 0 Å². The van der Waals surface area contributed by atoms with E-state index in [4.69, 9.17) is 0 Å². The summed E-state index contributed by atoms with van der Waals surface area (Å²) in [7, 11) is 0. The second-order valence-electron chi connectivity index (χ2n) is 5.04. The summed E-state index contributed by atoms with van der Waals surface area (Å²) in [6.07, 6.45) is 3.47. The summed E-state index contributed by atoms with van der Waals surface area (Å²) in [6, 6.07) is 7.46. The summed E-state index contributed by atoms with van der Waals surface area (Å²) in [5.41, 5.74) is 1.85. The summed E-state index contributed by atoms with van der Waals surface area (Å²) in [5.74, 6) is -1.13. The van der Waals surface area contributed by atoms with Gasteiger partial charge in [0.15, 0.2) is 0 Å². The molecule has 0 heterocycles. The molecular weight excluding hydrogens is 267 g/mol. The van der Waals surface area contributed by atoms with E-state index in [1.807, 2.05) is 24.3 Å². The molecule has 1 aromatic carbocycles. The van der Waals surface area contributed by atoms with Gasteiger partial charge in [-0.3, -0.25) is 4.79 Å². The number of benzene rings is 1. The molecule has 2 atom stereocenters. The number of aliphatic carboxylic acids is 1. The van der Waals surface area contributed by atoms with Crippen LogP contribution in [-0.2, 0) is 16.0 Å². The minimum atomic E-state index is -1.06. The molecule has 0 aliphatic heterocycles. The molecule has 0 amide bonds. The van der Waals surface area contributed by atoms with Crippen molar-refractivity contribution in [2.75, 3.05) is 0 Å². The first-order valence-corrected chi connectivity index (χ1v) is 6.40. The zero-order chi connectivity index (χ0) is 13.1. The predicted octanol–water partition coefficient (Wildman–Crippen LogP) is -2.37. The summed E-state index contributed by atoms with van der Waals surface area (Å²) in [6.45, 7) is 1.62. The van der Waals surface area contributed by atoms with Gasteiger partial charge in [0, 0.05) is 24.2 Å². The van der Waals surface area contributed by atoms with E-state index in [9.17, 15) is 14.7 Å². The molecule has 0 spiro atoms. The number of Topliss-reactive ketones (excluding diaryl/α,β-unsaturated/α-hetero) is 1. The Hall–Kier alpha value is -0.680. The molecule has 20 heavy (non-hydrogen) atoms. The van der Waals surface area contributed by atoms with Crippen molar-refractivity contribution in [3.8, 4) is 0 Å². The van der Waals surface area contributed by atoms with Gasteiger partial charge in [-0.1, -0.05) is 31.2 Å². The van der Waals surface area contributed by atoms with Gasteiger partial charge in [-0.05, 0) is 30.4 Å². The second kappa shape index (κ2) is 8.57. The molecule has 1 saturated carbocycles. The van der Waals surface area contributed by atoms with Crippen molar-refractivity contribution < 1.29 is 49.7 Å². The van der Waals surface area contributed by atoms with Crippen LogP contribution in [-0.4, -0.2) is 17.2 Å². The van der Waals surface area contributed by atoms with Gasteiger partial charge in [0.25, 0.3) is 0 Å². The molecule has 0 bridgehead atoms. The van der Waals surface area contributed by atoms with E-state index in [0.29, 0.717) is 12.2 Å². The SMILES string of the molecule is CC(C(=O)[O-])c1ccc(CC2CCCC2=O)cc1.O.[Na+]. The Bertz CT molecular complexity index is 455. The van der Waals surface area contributed by atoms with Gasteiger partial charge in [0.2, 0.25) is 0 Å². The van der Waals surface area contributed by atoms with E-state index in [1.165, 1.54) is 0 Å². The molecule has 4 nitrogen and oxygen atoms in total. The van der Waals surface area contributed by atoms with Crippen molar-refractivity contribution in [3.05, 3.63) is 35.4 Å². The van der Waals surface area contributed by atoms with Crippen LogP contribution in [0.2, 0.25) is 0 Å². The van der Waals surface area contributed by atoms with Crippen LogP contribution in [0.25, 0.3) is 0 Å². The fourth-order valence-corrected chi connectivity index (χ4v) is 2.47. The maximum Gasteiger partial charge on any atom is 1.00 e. The van der Waals surface area contributed by atoms with Crippen molar-refractivity contribution in [1.29, 1.82) is 0 Å². The van der Waals surface area contributed by atoms with Crippen LogP contribution in [0.15, 0.2) is 24.3 Å². The first-order valence-electron chi connectivity index (χ1n) is 6.40. The third kappa shape index (κ3) is 4.70. The van der Waals surface area contributed by atoms with Crippen molar-refractivity contribution in [1.82, 2.24) is 0 Å². The molecule has 1 aliphatic rings. The van der Waals surface area contributed by atoms with Gasteiger partial charge in [-0.15, -0.1) is 0 Å².